The summed E-state index contributed by atoms with van der Waals surface area (Å²) < 4.78 is 11.1. The Morgan fingerprint density at radius 2 is 1.88 bits per heavy atom. The van der Waals surface area contributed by atoms with Crippen LogP contribution < -0.4 is 4.74 Å². The normalized spacial score (nSPS) is 10.9. The van der Waals surface area contributed by atoms with Gasteiger partial charge >= 0.3 is 5.97 Å². The van der Waals surface area contributed by atoms with Crippen molar-refractivity contribution in [2.24, 2.45) is 0 Å². The summed E-state index contributed by atoms with van der Waals surface area (Å²) in [6.45, 7) is 5.60. The topological polar surface area (TPSA) is 55.8 Å². The molecule has 2 aromatic rings. The summed E-state index contributed by atoms with van der Waals surface area (Å²) in [4.78, 5) is 11.8. The first-order chi connectivity index (χ1) is 11.7. The molecule has 0 aromatic heterocycles. The molecule has 0 spiro atoms. The number of ether oxygens (including phenoxy) is 2. The van der Waals surface area contributed by atoms with Gasteiger partial charge in [-0.25, -0.2) is 4.79 Å². The van der Waals surface area contributed by atoms with Crippen LogP contribution in [0.3, 0.4) is 0 Å². The van der Waals surface area contributed by atoms with Gasteiger partial charge in [0.15, 0.2) is 5.75 Å². The molecule has 7 heteroatoms. The van der Waals surface area contributed by atoms with Gasteiger partial charge in [0.05, 0.1) is 27.2 Å². The molecular formula is C18H17BrCl2O4. The Kier molecular flexibility index (Phi) is 6.25. The molecule has 2 rings (SSSR count). The summed E-state index contributed by atoms with van der Waals surface area (Å²) in [5.74, 6) is 0.427. The van der Waals surface area contributed by atoms with E-state index in [0.29, 0.717) is 15.8 Å². The maximum Gasteiger partial charge on any atom is 0.338 e. The van der Waals surface area contributed by atoms with Gasteiger partial charge in [0.25, 0.3) is 0 Å². The number of rotatable bonds is 4. The highest BCUT2D eigenvalue weighted by Crippen LogP contribution is 2.43. The summed E-state index contributed by atoms with van der Waals surface area (Å²) in [7, 11) is 1.29. The number of halogens is 3. The van der Waals surface area contributed by atoms with Gasteiger partial charge in [0.2, 0.25) is 0 Å². The van der Waals surface area contributed by atoms with Crippen LogP contribution in [0.4, 0.5) is 0 Å². The van der Waals surface area contributed by atoms with Crippen LogP contribution in [0.2, 0.25) is 10.0 Å². The highest BCUT2D eigenvalue weighted by Gasteiger charge is 2.21. The Hall–Kier alpha value is -1.43. The number of aromatic hydroxyl groups is 1. The minimum Gasteiger partial charge on any atom is -0.506 e. The fourth-order valence-electron chi connectivity index (χ4n) is 2.32. The maximum absolute atomic E-state index is 11.8. The summed E-state index contributed by atoms with van der Waals surface area (Å²) >= 11 is 15.9. The molecule has 0 fully saturated rings. The Balaban J connectivity index is 2.52. The first-order valence-electron chi connectivity index (χ1n) is 7.44. The van der Waals surface area contributed by atoms with E-state index in [1.54, 1.807) is 19.1 Å². The number of hydrogen-bond donors (Lipinski definition) is 1. The molecule has 0 heterocycles. The number of carbonyl (C=O) groups excluding carboxylic acids is 1. The molecule has 2 aromatic carbocycles. The third kappa shape index (κ3) is 4.05. The molecule has 25 heavy (non-hydrogen) atoms. The van der Waals surface area contributed by atoms with Gasteiger partial charge in [-0.3, -0.25) is 0 Å². The third-order valence-electron chi connectivity index (χ3n) is 3.73. The van der Waals surface area contributed by atoms with Crippen LogP contribution in [-0.2, 0) is 4.74 Å². The van der Waals surface area contributed by atoms with Crippen LogP contribution in [0.25, 0.3) is 0 Å². The van der Waals surface area contributed by atoms with Crippen molar-refractivity contribution in [1.29, 1.82) is 0 Å². The van der Waals surface area contributed by atoms with Crippen LogP contribution in [0.5, 0.6) is 17.2 Å². The number of hydrogen-bond acceptors (Lipinski definition) is 4. The number of carbonyl (C=O) groups is 1. The third-order valence-corrected chi connectivity index (χ3v) is 5.07. The van der Waals surface area contributed by atoms with Gasteiger partial charge in [0.1, 0.15) is 11.5 Å². The molecule has 0 aliphatic carbocycles. The summed E-state index contributed by atoms with van der Waals surface area (Å²) in [5.41, 5.74) is 1.51. The van der Waals surface area contributed by atoms with E-state index < -0.39 is 5.97 Å². The van der Waals surface area contributed by atoms with Crippen molar-refractivity contribution in [3.63, 3.8) is 0 Å². The molecule has 0 unspecified atom stereocenters. The smallest absolute Gasteiger partial charge is 0.338 e. The SMILES string of the molecule is COC(=O)c1cc(Cl)c(Oc2cc(Br)c(O)c(C(C)C)c2)c(Cl)c1C. The van der Waals surface area contributed by atoms with Gasteiger partial charge < -0.3 is 14.6 Å². The lowest BCUT2D eigenvalue weighted by Crippen LogP contribution is -2.05. The van der Waals surface area contributed by atoms with Gasteiger partial charge in [-0.1, -0.05) is 37.0 Å². The average Bonchev–Trinajstić information content (AvgIpc) is 2.56. The van der Waals surface area contributed by atoms with Gasteiger partial charge in [-0.2, -0.15) is 0 Å². The second-order valence-electron chi connectivity index (χ2n) is 5.77. The van der Waals surface area contributed by atoms with E-state index in [0.717, 1.165) is 5.56 Å². The predicted molar refractivity (Wildman–Crippen MR) is 103 cm³/mol. The van der Waals surface area contributed by atoms with E-state index in [-0.39, 0.29) is 33.0 Å². The van der Waals surface area contributed by atoms with Gasteiger partial charge in [0, 0.05) is 5.56 Å². The Bertz CT molecular complexity index is 835. The monoisotopic (exact) mass is 446 g/mol. The molecule has 1 N–H and O–H groups in total. The molecule has 0 atom stereocenters. The van der Waals surface area contributed by atoms with Gasteiger partial charge in [-0.15, -0.1) is 0 Å². The van der Waals surface area contributed by atoms with E-state index in [1.807, 2.05) is 13.8 Å². The second-order valence-corrected chi connectivity index (χ2v) is 7.40. The summed E-state index contributed by atoms with van der Waals surface area (Å²) in [6.07, 6.45) is 0. The Morgan fingerprint density at radius 1 is 1.24 bits per heavy atom. The molecule has 0 aliphatic heterocycles. The fraction of sp³-hybridized carbons (Fsp3) is 0.278. The molecule has 0 aliphatic rings. The lowest BCUT2D eigenvalue weighted by Gasteiger charge is -2.16. The fourth-order valence-corrected chi connectivity index (χ4v) is 3.31. The lowest BCUT2D eigenvalue weighted by molar-refractivity contribution is 0.0600. The second kappa shape index (κ2) is 7.85. The van der Waals surface area contributed by atoms with Crippen molar-refractivity contribution in [3.8, 4) is 17.2 Å². The number of methoxy groups -OCH3 is 1. The Morgan fingerprint density at radius 3 is 2.44 bits per heavy atom. The van der Waals surface area contributed by atoms with E-state index >= 15 is 0 Å². The molecule has 0 saturated carbocycles. The van der Waals surface area contributed by atoms with Crippen LogP contribution in [0.1, 0.15) is 41.3 Å². The van der Waals surface area contributed by atoms with Crippen LogP contribution in [-0.4, -0.2) is 18.2 Å². The minimum absolute atomic E-state index is 0.0919. The molecule has 0 bridgehead atoms. The van der Waals surface area contributed by atoms with Crippen molar-refractivity contribution < 1.29 is 19.4 Å². The molecule has 4 nitrogen and oxygen atoms in total. The summed E-state index contributed by atoms with van der Waals surface area (Å²) in [5, 5.41) is 10.5. The quantitative estimate of drug-likeness (QED) is 0.545. The van der Waals surface area contributed by atoms with E-state index in [9.17, 15) is 9.90 Å². The molecular weight excluding hydrogens is 431 g/mol. The van der Waals surface area contributed by atoms with Crippen LogP contribution in [0.15, 0.2) is 22.7 Å². The predicted octanol–water partition coefficient (Wildman–Crippen LogP) is 6.47. The van der Waals surface area contributed by atoms with Crippen LogP contribution in [0, 0.1) is 6.92 Å². The first-order valence-corrected chi connectivity index (χ1v) is 8.99. The zero-order valence-corrected chi connectivity index (χ0v) is 17.2. The molecule has 0 saturated heterocycles. The molecule has 134 valence electrons. The largest absolute Gasteiger partial charge is 0.506 e. The van der Waals surface area contributed by atoms with E-state index in [2.05, 4.69) is 15.9 Å². The number of phenols is 1. The minimum atomic E-state index is -0.526. The highest BCUT2D eigenvalue weighted by molar-refractivity contribution is 9.10. The van der Waals surface area contributed by atoms with E-state index in [1.165, 1.54) is 13.2 Å². The zero-order valence-electron chi connectivity index (χ0n) is 14.1. The lowest BCUT2D eigenvalue weighted by atomic mass is 10.0. The molecule has 0 amide bonds. The first kappa shape index (κ1) is 19.9. The van der Waals surface area contributed by atoms with Crippen molar-refractivity contribution in [2.75, 3.05) is 7.11 Å². The Labute approximate surface area is 164 Å². The number of esters is 1. The number of phenolic OH excluding ortho intramolecular Hbond substituents is 1. The summed E-state index contributed by atoms with van der Waals surface area (Å²) in [6, 6.07) is 4.81. The average molecular weight is 448 g/mol. The van der Waals surface area contributed by atoms with Crippen molar-refractivity contribution >= 4 is 45.1 Å². The number of benzene rings is 2. The van der Waals surface area contributed by atoms with Crippen molar-refractivity contribution in [2.45, 2.75) is 26.7 Å². The van der Waals surface area contributed by atoms with Crippen molar-refractivity contribution in [1.82, 2.24) is 0 Å². The molecule has 0 radical (unpaired) electrons. The highest BCUT2D eigenvalue weighted by atomic mass is 79.9. The van der Waals surface area contributed by atoms with Crippen LogP contribution >= 0.6 is 39.1 Å². The zero-order chi connectivity index (χ0) is 18.9. The van der Waals surface area contributed by atoms with Crippen molar-refractivity contribution in [3.05, 3.63) is 49.4 Å². The standard InChI is InChI=1S/C18H17BrCl2O4/c1-8(2)11-5-10(6-13(19)16(11)22)25-17-14(20)7-12(18(23)24-4)9(3)15(17)21/h5-8,22H,1-4H3. The maximum atomic E-state index is 11.8. The van der Waals surface area contributed by atoms with E-state index in [4.69, 9.17) is 32.7 Å². The van der Waals surface area contributed by atoms with Gasteiger partial charge in [-0.05, 0) is 52.5 Å².